The van der Waals surface area contributed by atoms with E-state index in [1.165, 1.54) is 0 Å². The van der Waals surface area contributed by atoms with E-state index in [0.29, 0.717) is 0 Å². The topological polar surface area (TPSA) is 29.5 Å². The predicted octanol–water partition coefficient (Wildman–Crippen LogP) is 3.54. The van der Waals surface area contributed by atoms with Crippen LogP contribution in [0.3, 0.4) is 0 Å². The van der Waals surface area contributed by atoms with E-state index in [2.05, 4.69) is 15.9 Å². The van der Waals surface area contributed by atoms with Crippen LogP contribution in [0.25, 0.3) is 0 Å². The highest BCUT2D eigenvalue weighted by molar-refractivity contribution is 9.10. The number of aliphatic hydroxyl groups excluding tert-OH is 1. The third-order valence-corrected chi connectivity index (χ3v) is 3.09. The van der Waals surface area contributed by atoms with Crippen LogP contribution in [0.5, 0.6) is 5.75 Å². The molecule has 0 unspecified atom stereocenters. The Bertz CT molecular complexity index is 494. The summed E-state index contributed by atoms with van der Waals surface area (Å²) in [5, 5.41) is 10.2. The monoisotopic (exact) mass is 292 g/mol. The first-order valence-electron chi connectivity index (χ1n) is 5.28. The van der Waals surface area contributed by atoms with Gasteiger partial charge in [0.2, 0.25) is 0 Å². The largest absolute Gasteiger partial charge is 0.497 e. The van der Waals surface area contributed by atoms with Gasteiger partial charge in [-0.1, -0.05) is 40.2 Å². The van der Waals surface area contributed by atoms with Gasteiger partial charge in [0.15, 0.2) is 0 Å². The molecule has 2 aromatic rings. The van der Waals surface area contributed by atoms with Crippen LogP contribution >= 0.6 is 15.9 Å². The number of ether oxygens (including phenoxy) is 1. The van der Waals surface area contributed by atoms with Crippen molar-refractivity contribution in [1.82, 2.24) is 0 Å². The van der Waals surface area contributed by atoms with Crippen LogP contribution in [0, 0.1) is 0 Å². The molecule has 3 heteroatoms. The van der Waals surface area contributed by atoms with Crippen LogP contribution in [0.4, 0.5) is 0 Å². The lowest BCUT2D eigenvalue weighted by atomic mass is 10.0. The average Bonchev–Trinajstić information content (AvgIpc) is 2.38. The molecule has 0 amide bonds. The molecule has 2 nitrogen and oxygen atoms in total. The van der Waals surface area contributed by atoms with Crippen molar-refractivity contribution in [2.75, 3.05) is 7.11 Å². The molecule has 88 valence electrons. The molecule has 17 heavy (non-hydrogen) atoms. The van der Waals surface area contributed by atoms with Gasteiger partial charge in [0.05, 0.1) is 7.11 Å². The number of rotatable bonds is 3. The maximum absolute atomic E-state index is 10.2. The van der Waals surface area contributed by atoms with E-state index in [0.717, 1.165) is 21.3 Å². The smallest absolute Gasteiger partial charge is 0.118 e. The normalized spacial score (nSPS) is 12.2. The lowest BCUT2D eigenvalue weighted by molar-refractivity contribution is 0.220. The van der Waals surface area contributed by atoms with Gasteiger partial charge in [-0.2, -0.15) is 0 Å². The number of aliphatic hydroxyl groups is 1. The van der Waals surface area contributed by atoms with Crippen LogP contribution in [0.2, 0.25) is 0 Å². The minimum atomic E-state index is -0.613. The van der Waals surface area contributed by atoms with Crippen molar-refractivity contribution in [3.05, 3.63) is 64.1 Å². The molecular formula is C14H13BrO2. The number of benzene rings is 2. The van der Waals surface area contributed by atoms with E-state index in [1.54, 1.807) is 7.11 Å². The van der Waals surface area contributed by atoms with Gasteiger partial charge in [-0.3, -0.25) is 0 Å². The van der Waals surface area contributed by atoms with Gasteiger partial charge in [-0.25, -0.2) is 0 Å². The van der Waals surface area contributed by atoms with Gasteiger partial charge in [0, 0.05) is 4.47 Å². The minimum Gasteiger partial charge on any atom is -0.497 e. The first-order valence-corrected chi connectivity index (χ1v) is 6.07. The number of hydrogen-bond acceptors (Lipinski definition) is 2. The number of halogens is 1. The average molecular weight is 293 g/mol. The zero-order chi connectivity index (χ0) is 12.3. The Morgan fingerprint density at radius 3 is 2.35 bits per heavy atom. The van der Waals surface area contributed by atoms with Crippen molar-refractivity contribution in [3.8, 4) is 5.75 Å². The second-order valence-electron chi connectivity index (χ2n) is 3.73. The van der Waals surface area contributed by atoms with Gasteiger partial charge in [-0.05, 0) is 35.4 Å². The number of methoxy groups -OCH3 is 1. The molecule has 0 saturated carbocycles. The minimum absolute atomic E-state index is 0.613. The van der Waals surface area contributed by atoms with Gasteiger partial charge in [0.25, 0.3) is 0 Å². The molecule has 2 aromatic carbocycles. The van der Waals surface area contributed by atoms with Crippen LogP contribution < -0.4 is 4.74 Å². The molecule has 0 aliphatic carbocycles. The molecule has 1 N–H and O–H groups in total. The maximum Gasteiger partial charge on any atom is 0.118 e. The molecule has 0 heterocycles. The molecule has 1 atom stereocenters. The van der Waals surface area contributed by atoms with Gasteiger partial charge < -0.3 is 9.84 Å². The highest BCUT2D eigenvalue weighted by Crippen LogP contribution is 2.25. The fourth-order valence-electron chi connectivity index (χ4n) is 1.66. The van der Waals surface area contributed by atoms with Crippen molar-refractivity contribution >= 4 is 15.9 Å². The van der Waals surface area contributed by atoms with Gasteiger partial charge in [0.1, 0.15) is 11.9 Å². The standard InChI is InChI=1S/C14H13BrO2/c1-17-13-7-5-10(6-8-13)14(16)11-3-2-4-12(15)9-11/h2-9,14,16H,1H3/t14-/m0/s1. The Balaban J connectivity index is 2.27. The van der Waals surface area contributed by atoms with Crippen LogP contribution in [-0.4, -0.2) is 12.2 Å². The summed E-state index contributed by atoms with van der Waals surface area (Å²) in [5.74, 6) is 0.787. The zero-order valence-electron chi connectivity index (χ0n) is 9.43. The fraction of sp³-hybridized carbons (Fsp3) is 0.143. The maximum atomic E-state index is 10.2. The predicted molar refractivity (Wildman–Crippen MR) is 71.2 cm³/mol. The van der Waals surface area contributed by atoms with Gasteiger partial charge >= 0.3 is 0 Å². The Morgan fingerprint density at radius 1 is 1.06 bits per heavy atom. The molecule has 0 aromatic heterocycles. The number of hydrogen-bond donors (Lipinski definition) is 1. The van der Waals surface area contributed by atoms with Crippen molar-refractivity contribution in [2.45, 2.75) is 6.10 Å². The lowest BCUT2D eigenvalue weighted by Crippen LogP contribution is -1.99. The third-order valence-electron chi connectivity index (χ3n) is 2.60. The Kier molecular flexibility index (Phi) is 3.82. The summed E-state index contributed by atoms with van der Waals surface area (Å²) in [5.41, 5.74) is 1.72. The first-order chi connectivity index (χ1) is 8.20. The third kappa shape index (κ3) is 2.87. The quantitative estimate of drug-likeness (QED) is 0.938. The Labute approximate surface area is 109 Å². The van der Waals surface area contributed by atoms with Gasteiger partial charge in [-0.15, -0.1) is 0 Å². The van der Waals surface area contributed by atoms with E-state index in [4.69, 9.17) is 4.74 Å². The van der Waals surface area contributed by atoms with Crippen LogP contribution in [0.1, 0.15) is 17.2 Å². The summed E-state index contributed by atoms with van der Waals surface area (Å²) in [6, 6.07) is 15.1. The second-order valence-corrected chi connectivity index (χ2v) is 4.65. The molecule has 2 rings (SSSR count). The Morgan fingerprint density at radius 2 is 1.76 bits per heavy atom. The summed E-state index contributed by atoms with van der Waals surface area (Å²) in [4.78, 5) is 0. The molecule has 0 aliphatic rings. The molecule has 0 radical (unpaired) electrons. The van der Waals surface area contributed by atoms with E-state index < -0.39 is 6.10 Å². The zero-order valence-corrected chi connectivity index (χ0v) is 11.0. The highest BCUT2D eigenvalue weighted by Gasteiger charge is 2.10. The van der Waals surface area contributed by atoms with E-state index in [9.17, 15) is 5.11 Å². The molecular weight excluding hydrogens is 280 g/mol. The van der Waals surface area contributed by atoms with E-state index >= 15 is 0 Å². The Hall–Kier alpha value is -1.32. The van der Waals surface area contributed by atoms with E-state index in [1.807, 2.05) is 48.5 Å². The van der Waals surface area contributed by atoms with E-state index in [-0.39, 0.29) is 0 Å². The fourth-order valence-corrected chi connectivity index (χ4v) is 2.07. The summed E-state index contributed by atoms with van der Waals surface area (Å²) < 4.78 is 6.05. The summed E-state index contributed by atoms with van der Waals surface area (Å²) in [7, 11) is 1.62. The molecule has 0 spiro atoms. The van der Waals surface area contributed by atoms with Crippen molar-refractivity contribution in [3.63, 3.8) is 0 Å². The first kappa shape index (κ1) is 12.1. The molecule has 0 saturated heterocycles. The van der Waals surface area contributed by atoms with Crippen molar-refractivity contribution < 1.29 is 9.84 Å². The molecule has 0 bridgehead atoms. The van der Waals surface area contributed by atoms with Crippen LogP contribution in [-0.2, 0) is 0 Å². The van der Waals surface area contributed by atoms with Crippen LogP contribution in [0.15, 0.2) is 53.0 Å². The molecule has 0 fully saturated rings. The summed E-state index contributed by atoms with van der Waals surface area (Å²) >= 11 is 3.39. The lowest BCUT2D eigenvalue weighted by Gasteiger charge is -2.12. The summed E-state index contributed by atoms with van der Waals surface area (Å²) in [6.07, 6.45) is -0.613. The SMILES string of the molecule is COc1ccc([C@H](O)c2cccc(Br)c2)cc1. The molecule has 0 aliphatic heterocycles. The second kappa shape index (κ2) is 5.34. The summed E-state index contributed by atoms with van der Waals surface area (Å²) in [6.45, 7) is 0. The highest BCUT2D eigenvalue weighted by atomic mass is 79.9. The van der Waals surface area contributed by atoms with Crippen molar-refractivity contribution in [1.29, 1.82) is 0 Å². The van der Waals surface area contributed by atoms with Crippen molar-refractivity contribution in [2.24, 2.45) is 0 Å².